The van der Waals surface area contributed by atoms with Gasteiger partial charge in [0.05, 0.1) is 6.20 Å². The SMILES string of the molecule is Nc1nc(Cl)ccc1CC(=O)Cn1cc(C(O)c2ccc(Cl)cc2Cl)nn1. The first-order valence-corrected chi connectivity index (χ1v) is 8.92. The molecular formula is C17H14Cl3N5O2. The monoisotopic (exact) mass is 425 g/mol. The molecule has 3 N–H and O–H groups in total. The van der Waals surface area contributed by atoms with Crippen LogP contribution in [-0.4, -0.2) is 30.9 Å². The normalized spacial score (nSPS) is 12.1. The highest BCUT2D eigenvalue weighted by Crippen LogP contribution is 2.29. The van der Waals surface area contributed by atoms with Crippen molar-refractivity contribution in [1.82, 2.24) is 20.0 Å². The number of anilines is 1. The minimum absolute atomic E-state index is 0.0316. The number of halogens is 3. The number of Topliss-reactive ketones (excluding diaryl/α,β-unsaturated/α-hetero) is 1. The highest BCUT2D eigenvalue weighted by atomic mass is 35.5. The van der Waals surface area contributed by atoms with Crippen LogP contribution in [0.1, 0.15) is 22.9 Å². The number of aliphatic hydroxyl groups excluding tert-OH is 1. The molecule has 1 unspecified atom stereocenters. The molecule has 0 bridgehead atoms. The highest BCUT2D eigenvalue weighted by molar-refractivity contribution is 6.35. The number of carbonyl (C=O) groups is 1. The van der Waals surface area contributed by atoms with Crippen LogP contribution in [0.3, 0.4) is 0 Å². The summed E-state index contributed by atoms with van der Waals surface area (Å²) in [4.78, 5) is 16.2. The van der Waals surface area contributed by atoms with E-state index in [0.29, 0.717) is 21.2 Å². The zero-order valence-electron chi connectivity index (χ0n) is 13.8. The Morgan fingerprint density at radius 1 is 1.22 bits per heavy atom. The summed E-state index contributed by atoms with van der Waals surface area (Å²) in [7, 11) is 0. The molecule has 0 spiro atoms. The molecule has 10 heteroatoms. The first kappa shape index (κ1) is 19.6. The lowest BCUT2D eigenvalue weighted by atomic mass is 10.1. The van der Waals surface area contributed by atoms with Gasteiger partial charge in [0, 0.05) is 27.6 Å². The van der Waals surface area contributed by atoms with Gasteiger partial charge < -0.3 is 10.8 Å². The molecule has 0 aliphatic carbocycles. The fourth-order valence-corrected chi connectivity index (χ4v) is 3.14. The molecule has 1 atom stereocenters. The van der Waals surface area contributed by atoms with Crippen LogP contribution in [-0.2, 0) is 17.8 Å². The predicted molar refractivity (Wildman–Crippen MR) is 103 cm³/mol. The molecule has 0 saturated heterocycles. The van der Waals surface area contributed by atoms with Crippen molar-refractivity contribution in [3.8, 4) is 0 Å². The minimum Gasteiger partial charge on any atom is -0.383 e. The van der Waals surface area contributed by atoms with Crippen LogP contribution in [0, 0.1) is 0 Å². The maximum atomic E-state index is 12.3. The number of benzene rings is 1. The Bertz CT molecular complexity index is 992. The number of aliphatic hydroxyl groups is 1. The zero-order chi connectivity index (χ0) is 19.6. The van der Waals surface area contributed by atoms with E-state index >= 15 is 0 Å². The number of nitrogens with zero attached hydrogens (tertiary/aromatic N) is 4. The van der Waals surface area contributed by atoms with E-state index in [0.717, 1.165) is 0 Å². The summed E-state index contributed by atoms with van der Waals surface area (Å²) < 4.78 is 1.34. The van der Waals surface area contributed by atoms with Crippen LogP contribution in [0.25, 0.3) is 0 Å². The van der Waals surface area contributed by atoms with Gasteiger partial charge in [-0.2, -0.15) is 0 Å². The van der Waals surface area contributed by atoms with Crippen LogP contribution < -0.4 is 5.73 Å². The summed E-state index contributed by atoms with van der Waals surface area (Å²) in [6.07, 6.45) is 0.475. The van der Waals surface area contributed by atoms with E-state index in [4.69, 9.17) is 40.5 Å². The lowest BCUT2D eigenvalue weighted by molar-refractivity contribution is -0.119. The fourth-order valence-electron chi connectivity index (χ4n) is 2.48. The second-order valence-corrected chi connectivity index (χ2v) is 7.03. The molecule has 0 saturated carbocycles. The standard InChI is InChI=1S/C17H14Cl3N5O2/c18-10-2-3-12(13(19)6-10)16(27)14-8-25(24-23-14)7-11(26)5-9-1-4-15(20)22-17(9)21/h1-4,6,8,16,27H,5,7H2,(H2,21,22). The van der Waals surface area contributed by atoms with Crippen molar-refractivity contribution in [3.05, 3.63) is 68.5 Å². The summed E-state index contributed by atoms with van der Waals surface area (Å²) in [6.45, 7) is -0.0316. The molecule has 3 aromatic rings. The van der Waals surface area contributed by atoms with E-state index in [1.807, 2.05) is 0 Å². The van der Waals surface area contributed by atoms with E-state index < -0.39 is 6.10 Å². The third-order valence-corrected chi connectivity index (χ3v) is 4.57. The first-order chi connectivity index (χ1) is 12.8. The third kappa shape index (κ3) is 4.75. The molecular weight excluding hydrogens is 413 g/mol. The summed E-state index contributed by atoms with van der Waals surface area (Å²) in [5.41, 5.74) is 7.05. The topological polar surface area (TPSA) is 107 Å². The molecule has 2 heterocycles. The van der Waals surface area contributed by atoms with Crippen molar-refractivity contribution in [2.75, 3.05) is 5.73 Å². The van der Waals surface area contributed by atoms with Gasteiger partial charge in [0.25, 0.3) is 0 Å². The van der Waals surface area contributed by atoms with Crippen molar-refractivity contribution in [2.24, 2.45) is 0 Å². The molecule has 140 valence electrons. The Labute approximate surface area is 169 Å². The quantitative estimate of drug-likeness (QED) is 0.587. The van der Waals surface area contributed by atoms with Gasteiger partial charge >= 0.3 is 0 Å². The predicted octanol–water partition coefficient (Wildman–Crippen LogP) is 3.11. The third-order valence-electron chi connectivity index (χ3n) is 3.80. The number of aromatic nitrogens is 4. The van der Waals surface area contributed by atoms with Crippen molar-refractivity contribution < 1.29 is 9.90 Å². The smallest absolute Gasteiger partial charge is 0.158 e. The van der Waals surface area contributed by atoms with E-state index in [1.165, 1.54) is 16.9 Å². The van der Waals surface area contributed by atoms with Crippen LogP contribution >= 0.6 is 34.8 Å². The van der Waals surface area contributed by atoms with Gasteiger partial charge in [0.1, 0.15) is 29.3 Å². The second kappa shape index (κ2) is 8.22. The number of carbonyl (C=O) groups excluding carboxylic acids is 1. The molecule has 2 aromatic heterocycles. The Kier molecular flexibility index (Phi) is 5.96. The van der Waals surface area contributed by atoms with Gasteiger partial charge in [-0.05, 0) is 18.2 Å². The largest absolute Gasteiger partial charge is 0.383 e. The highest BCUT2D eigenvalue weighted by Gasteiger charge is 2.18. The van der Waals surface area contributed by atoms with E-state index in [9.17, 15) is 9.90 Å². The number of ketones is 1. The van der Waals surface area contributed by atoms with Gasteiger partial charge in [0.2, 0.25) is 0 Å². The van der Waals surface area contributed by atoms with Crippen LogP contribution in [0.15, 0.2) is 36.5 Å². The van der Waals surface area contributed by atoms with E-state index in [-0.39, 0.29) is 35.4 Å². The summed E-state index contributed by atoms with van der Waals surface area (Å²) >= 11 is 17.7. The van der Waals surface area contributed by atoms with Crippen LogP contribution in [0.4, 0.5) is 5.82 Å². The molecule has 0 fully saturated rings. The molecule has 0 amide bonds. The maximum Gasteiger partial charge on any atom is 0.158 e. The Balaban J connectivity index is 1.69. The number of hydrogen-bond donors (Lipinski definition) is 2. The van der Waals surface area contributed by atoms with Crippen molar-refractivity contribution >= 4 is 46.4 Å². The van der Waals surface area contributed by atoms with Gasteiger partial charge in [-0.25, -0.2) is 9.67 Å². The number of nitrogen functional groups attached to an aromatic ring is 1. The lowest BCUT2D eigenvalue weighted by Gasteiger charge is -2.09. The zero-order valence-corrected chi connectivity index (χ0v) is 16.1. The van der Waals surface area contributed by atoms with Gasteiger partial charge in [-0.1, -0.05) is 52.1 Å². The van der Waals surface area contributed by atoms with Crippen LogP contribution in [0.2, 0.25) is 15.2 Å². The number of hydrogen-bond acceptors (Lipinski definition) is 6. The van der Waals surface area contributed by atoms with Gasteiger partial charge in [-0.15, -0.1) is 5.10 Å². The summed E-state index contributed by atoms with van der Waals surface area (Å²) in [5.74, 6) is 0.0595. The maximum absolute atomic E-state index is 12.3. The van der Waals surface area contributed by atoms with Crippen molar-refractivity contribution in [3.63, 3.8) is 0 Å². The van der Waals surface area contributed by atoms with Gasteiger partial charge in [0.15, 0.2) is 5.78 Å². The van der Waals surface area contributed by atoms with Gasteiger partial charge in [-0.3, -0.25) is 4.79 Å². The van der Waals surface area contributed by atoms with E-state index in [2.05, 4.69) is 15.3 Å². The summed E-state index contributed by atoms with van der Waals surface area (Å²) in [5, 5.41) is 19.3. The first-order valence-electron chi connectivity index (χ1n) is 7.79. The summed E-state index contributed by atoms with van der Waals surface area (Å²) in [6, 6.07) is 7.97. The van der Waals surface area contributed by atoms with Crippen molar-refractivity contribution in [1.29, 1.82) is 0 Å². The molecule has 0 aliphatic heterocycles. The Morgan fingerprint density at radius 3 is 2.70 bits per heavy atom. The molecule has 0 aliphatic rings. The Hall–Kier alpha value is -2.19. The Morgan fingerprint density at radius 2 is 2.00 bits per heavy atom. The minimum atomic E-state index is -1.09. The molecule has 27 heavy (non-hydrogen) atoms. The number of nitrogens with two attached hydrogens (primary N) is 1. The lowest BCUT2D eigenvalue weighted by Crippen LogP contribution is -2.14. The van der Waals surface area contributed by atoms with Crippen LogP contribution in [0.5, 0.6) is 0 Å². The molecule has 3 rings (SSSR count). The fraction of sp³-hybridized carbons (Fsp3) is 0.176. The van der Waals surface area contributed by atoms with Crippen molar-refractivity contribution in [2.45, 2.75) is 19.1 Å². The average Bonchev–Trinajstić information content (AvgIpc) is 3.05. The average molecular weight is 427 g/mol. The second-order valence-electron chi connectivity index (χ2n) is 5.80. The molecule has 7 nitrogen and oxygen atoms in total. The number of pyridine rings is 1. The number of rotatable bonds is 6. The van der Waals surface area contributed by atoms with E-state index in [1.54, 1.807) is 24.3 Å². The molecule has 0 radical (unpaired) electrons. The molecule has 1 aromatic carbocycles.